The molecule has 0 amide bonds. The molecule has 1 aliphatic rings. The molecule has 1 rings (SSSR count). The SMILES string of the molecule is CCO[Si](CNC1CCCCC1N)(OCC)OCC. The average Bonchev–Trinajstić information content (AvgIpc) is 2.39. The van der Waals surface area contributed by atoms with Gasteiger partial charge in [0.25, 0.3) is 0 Å². The molecule has 1 saturated carbocycles. The molecule has 2 unspecified atom stereocenters. The van der Waals surface area contributed by atoms with Crippen LogP contribution in [0, 0.1) is 0 Å². The Morgan fingerprint density at radius 2 is 1.53 bits per heavy atom. The minimum atomic E-state index is -2.58. The fourth-order valence-electron chi connectivity index (χ4n) is 2.61. The molecule has 0 heterocycles. The largest absolute Gasteiger partial charge is 0.515 e. The van der Waals surface area contributed by atoms with Crippen molar-refractivity contribution in [1.82, 2.24) is 5.32 Å². The smallest absolute Gasteiger partial charge is 0.373 e. The molecule has 0 aromatic rings. The van der Waals surface area contributed by atoms with Gasteiger partial charge in [-0.3, -0.25) is 0 Å². The van der Waals surface area contributed by atoms with Crippen LogP contribution in [0.15, 0.2) is 0 Å². The van der Waals surface area contributed by atoms with Crippen molar-refractivity contribution in [2.24, 2.45) is 5.73 Å². The van der Waals surface area contributed by atoms with Crippen molar-refractivity contribution in [2.45, 2.75) is 58.5 Å². The molecule has 3 N–H and O–H groups in total. The molecule has 0 radical (unpaired) electrons. The van der Waals surface area contributed by atoms with Gasteiger partial charge in [0.15, 0.2) is 0 Å². The van der Waals surface area contributed by atoms with E-state index in [9.17, 15) is 0 Å². The van der Waals surface area contributed by atoms with E-state index < -0.39 is 8.80 Å². The van der Waals surface area contributed by atoms with Crippen molar-refractivity contribution in [3.05, 3.63) is 0 Å². The standard InChI is InChI=1S/C13H30N2O3Si/c1-4-16-19(17-5-2,18-6-3)11-15-13-10-8-7-9-12(13)14/h12-13,15H,4-11,14H2,1-3H3. The van der Waals surface area contributed by atoms with Crippen molar-refractivity contribution < 1.29 is 13.3 Å². The molecule has 0 aromatic heterocycles. The van der Waals surface area contributed by atoms with Crippen LogP contribution < -0.4 is 11.1 Å². The highest BCUT2D eigenvalue weighted by Gasteiger charge is 2.41. The fourth-order valence-corrected chi connectivity index (χ4v) is 4.99. The number of hydrogen-bond donors (Lipinski definition) is 2. The Morgan fingerprint density at radius 1 is 1.00 bits per heavy atom. The second kappa shape index (κ2) is 9.04. The summed E-state index contributed by atoms with van der Waals surface area (Å²) in [4.78, 5) is 0. The molecule has 0 spiro atoms. The Hall–Kier alpha value is 0.0169. The van der Waals surface area contributed by atoms with Crippen LogP contribution in [0.1, 0.15) is 46.5 Å². The third-order valence-electron chi connectivity index (χ3n) is 3.49. The maximum absolute atomic E-state index is 6.16. The normalized spacial score (nSPS) is 24.6. The Bertz CT molecular complexity index is 227. The van der Waals surface area contributed by atoms with Gasteiger partial charge in [0.05, 0.1) is 6.17 Å². The zero-order chi connectivity index (χ0) is 14.1. The minimum Gasteiger partial charge on any atom is -0.373 e. The number of hydrogen-bond acceptors (Lipinski definition) is 5. The van der Waals surface area contributed by atoms with E-state index in [0.717, 1.165) is 12.8 Å². The number of nitrogens with two attached hydrogens (primary N) is 1. The van der Waals surface area contributed by atoms with Gasteiger partial charge >= 0.3 is 8.80 Å². The van der Waals surface area contributed by atoms with Gasteiger partial charge in [-0.15, -0.1) is 0 Å². The maximum atomic E-state index is 6.16. The summed E-state index contributed by atoms with van der Waals surface area (Å²) < 4.78 is 17.5. The van der Waals surface area contributed by atoms with Crippen LogP contribution in [0.2, 0.25) is 0 Å². The van der Waals surface area contributed by atoms with Crippen molar-refractivity contribution >= 4 is 8.80 Å². The highest BCUT2D eigenvalue weighted by atomic mass is 28.4. The third-order valence-corrected chi connectivity index (χ3v) is 6.32. The predicted molar refractivity (Wildman–Crippen MR) is 78.9 cm³/mol. The zero-order valence-electron chi connectivity index (χ0n) is 12.6. The lowest BCUT2D eigenvalue weighted by Gasteiger charge is -2.34. The molecular formula is C13H30N2O3Si. The predicted octanol–water partition coefficient (Wildman–Crippen LogP) is 1.43. The van der Waals surface area contributed by atoms with E-state index in [4.69, 9.17) is 19.0 Å². The molecule has 5 nitrogen and oxygen atoms in total. The monoisotopic (exact) mass is 290 g/mol. The average molecular weight is 290 g/mol. The van der Waals surface area contributed by atoms with Crippen LogP contribution in [0.3, 0.4) is 0 Å². The lowest BCUT2D eigenvalue weighted by molar-refractivity contribution is 0.0684. The molecule has 6 heteroatoms. The first kappa shape index (κ1) is 17.1. The minimum absolute atomic E-state index is 0.241. The van der Waals surface area contributed by atoms with Crippen molar-refractivity contribution in [3.63, 3.8) is 0 Å². The van der Waals surface area contributed by atoms with Crippen LogP contribution in [0.4, 0.5) is 0 Å². The molecule has 19 heavy (non-hydrogen) atoms. The lowest BCUT2D eigenvalue weighted by Crippen LogP contribution is -2.59. The summed E-state index contributed by atoms with van der Waals surface area (Å²) in [7, 11) is -2.58. The fraction of sp³-hybridized carbons (Fsp3) is 1.00. The molecular weight excluding hydrogens is 260 g/mol. The van der Waals surface area contributed by atoms with Gasteiger partial charge < -0.3 is 24.3 Å². The number of nitrogens with one attached hydrogen (secondary N) is 1. The Morgan fingerprint density at radius 3 is 2.00 bits per heavy atom. The van der Waals surface area contributed by atoms with Crippen LogP contribution >= 0.6 is 0 Å². The van der Waals surface area contributed by atoms with Crippen LogP contribution in [0.5, 0.6) is 0 Å². The van der Waals surface area contributed by atoms with Gasteiger partial charge in [0, 0.05) is 31.9 Å². The summed E-state index contributed by atoms with van der Waals surface area (Å²) in [6.07, 6.45) is 5.38. The molecule has 0 aromatic carbocycles. The summed E-state index contributed by atoms with van der Waals surface area (Å²) >= 11 is 0. The van der Waals surface area contributed by atoms with Gasteiger partial charge in [-0.05, 0) is 33.6 Å². The molecule has 2 atom stereocenters. The zero-order valence-corrected chi connectivity index (χ0v) is 13.6. The molecule has 0 aliphatic heterocycles. The quantitative estimate of drug-likeness (QED) is 0.629. The molecule has 1 aliphatic carbocycles. The third kappa shape index (κ3) is 5.49. The summed E-state index contributed by atoms with van der Waals surface area (Å²) in [6, 6.07) is 0.604. The van der Waals surface area contributed by atoms with Gasteiger partial charge in [0.1, 0.15) is 0 Å². The molecule has 0 saturated heterocycles. The van der Waals surface area contributed by atoms with Gasteiger partial charge in [-0.25, -0.2) is 0 Å². The van der Waals surface area contributed by atoms with E-state index in [-0.39, 0.29) is 6.04 Å². The van der Waals surface area contributed by atoms with Crippen LogP contribution in [0.25, 0.3) is 0 Å². The first-order valence-electron chi connectivity index (χ1n) is 7.58. The van der Waals surface area contributed by atoms with E-state index >= 15 is 0 Å². The van der Waals surface area contributed by atoms with Crippen LogP contribution in [-0.2, 0) is 13.3 Å². The maximum Gasteiger partial charge on any atom is 0.515 e. The summed E-state index contributed by atoms with van der Waals surface area (Å²) in [5.74, 6) is 0. The molecule has 0 bridgehead atoms. The second-order valence-corrected chi connectivity index (χ2v) is 7.50. The Kier molecular flexibility index (Phi) is 8.13. The second-order valence-electron chi connectivity index (χ2n) is 4.92. The van der Waals surface area contributed by atoms with E-state index in [2.05, 4.69) is 5.32 Å². The first-order chi connectivity index (χ1) is 9.17. The summed E-state index contributed by atoms with van der Waals surface area (Å²) in [5, 5.41) is 3.53. The van der Waals surface area contributed by atoms with E-state index in [1.165, 1.54) is 12.8 Å². The lowest BCUT2D eigenvalue weighted by atomic mass is 9.91. The highest BCUT2D eigenvalue weighted by molar-refractivity contribution is 6.60. The Labute approximate surface area is 118 Å². The number of rotatable bonds is 9. The Balaban J connectivity index is 2.54. The first-order valence-corrected chi connectivity index (χ1v) is 9.51. The summed E-state index contributed by atoms with van der Waals surface area (Å²) in [6.45, 7) is 7.78. The van der Waals surface area contributed by atoms with Crippen molar-refractivity contribution in [1.29, 1.82) is 0 Å². The van der Waals surface area contributed by atoms with Gasteiger partial charge in [0.2, 0.25) is 0 Å². The van der Waals surface area contributed by atoms with Gasteiger partial charge in [-0.1, -0.05) is 12.8 Å². The van der Waals surface area contributed by atoms with Crippen molar-refractivity contribution in [3.8, 4) is 0 Å². The highest BCUT2D eigenvalue weighted by Crippen LogP contribution is 2.18. The van der Waals surface area contributed by atoms with Gasteiger partial charge in [-0.2, -0.15) is 0 Å². The topological polar surface area (TPSA) is 65.7 Å². The van der Waals surface area contributed by atoms with Crippen molar-refractivity contribution in [2.75, 3.05) is 26.0 Å². The van der Waals surface area contributed by atoms with E-state index in [0.29, 0.717) is 32.0 Å². The molecule has 1 fully saturated rings. The van der Waals surface area contributed by atoms with Crippen LogP contribution in [-0.4, -0.2) is 46.9 Å². The van der Waals surface area contributed by atoms with E-state index in [1.807, 2.05) is 20.8 Å². The van der Waals surface area contributed by atoms with E-state index in [1.54, 1.807) is 0 Å². The summed E-state index contributed by atoms with van der Waals surface area (Å²) in [5.41, 5.74) is 6.16. The molecule has 114 valence electrons.